The average Bonchev–Trinajstić information content (AvgIpc) is 2.90. The van der Waals surface area contributed by atoms with Crippen LogP contribution >= 0.6 is 12.4 Å². The van der Waals surface area contributed by atoms with Crippen LogP contribution in [-0.4, -0.2) is 94.4 Å². The molecule has 0 radical (unpaired) electrons. The van der Waals surface area contributed by atoms with Crippen LogP contribution in [0.3, 0.4) is 0 Å². The molecule has 0 aliphatic rings. The maximum atomic E-state index is 9.40. The smallest absolute Gasteiger partial charge is 0.0912 e. The van der Waals surface area contributed by atoms with Gasteiger partial charge in [-0.05, 0) is 35.2 Å². The molecule has 0 amide bonds. The number of benzene rings is 2. The highest BCUT2D eigenvalue weighted by Gasteiger charge is 2.08. The Balaban J connectivity index is 0. The third kappa shape index (κ3) is 15.1. The van der Waals surface area contributed by atoms with Crippen LogP contribution in [0.4, 0.5) is 0 Å². The first kappa shape index (κ1) is 38.5. The summed E-state index contributed by atoms with van der Waals surface area (Å²) < 4.78 is 0. The van der Waals surface area contributed by atoms with Crippen LogP contribution in [0.5, 0.6) is 0 Å². The Morgan fingerprint density at radius 3 is 1.21 bits per heavy atom. The second-order valence-electron chi connectivity index (χ2n) is 8.71. The summed E-state index contributed by atoms with van der Waals surface area (Å²) in [6.07, 6.45) is -0.201. The number of nitrogens with two attached hydrogens (primary N) is 2. The molecule has 0 aromatic heterocycles. The van der Waals surface area contributed by atoms with Gasteiger partial charge in [-0.1, -0.05) is 62.9 Å². The molecule has 10 heteroatoms. The van der Waals surface area contributed by atoms with E-state index in [1.54, 1.807) is 24.3 Å². The summed E-state index contributed by atoms with van der Waals surface area (Å²) in [5, 5.41) is 46.0. The zero-order valence-electron chi connectivity index (χ0n) is 22.0. The first-order valence-electron chi connectivity index (χ1n) is 12.6. The van der Waals surface area contributed by atoms with Crippen molar-refractivity contribution in [3.63, 3.8) is 0 Å². The molecule has 2 aromatic rings. The van der Waals surface area contributed by atoms with E-state index in [4.69, 9.17) is 26.8 Å². The molecule has 0 aliphatic carbocycles. The molecule has 2 unspecified atom stereocenters. The Morgan fingerprint density at radius 2 is 0.947 bits per heavy atom. The van der Waals surface area contributed by atoms with Gasteiger partial charge in [-0.15, -0.1) is 12.4 Å². The molecule has 2 atom stereocenters. The molecule has 9 N–H and O–H groups in total. The molecular weight excluding hydrogens is 508 g/mol. The zero-order chi connectivity index (χ0) is 26.8. The summed E-state index contributed by atoms with van der Waals surface area (Å²) in [6, 6.07) is 15.4. The minimum atomic E-state index is -0.640. The topological polar surface area (TPSA) is 160 Å². The summed E-state index contributed by atoms with van der Waals surface area (Å²) in [4.78, 5) is 4.28. The molecule has 9 nitrogen and oxygen atoms in total. The minimum Gasteiger partial charge on any atom is -0.395 e. The molecule has 0 spiro atoms. The van der Waals surface area contributed by atoms with Gasteiger partial charge >= 0.3 is 0 Å². The standard InChI is InChI=1S/C17H30N2O3.C10H16N2O2.CH4.ClH/c1-2-7-18(8-11-20)14-16-3-5-17(6-4-16)15-19(9-12-21)10-13-22;11-5-9(13)7-1-2-8(4-3-7)10(14)6-12;;/h3-6,20-22H,2,7-15H2,1H3;1-4,9-10,13-14H,5-6,11-12H2;1H4;1H. The molecule has 0 bridgehead atoms. The number of halogens is 1. The van der Waals surface area contributed by atoms with Crippen molar-refractivity contribution in [2.75, 3.05) is 59.1 Å². The van der Waals surface area contributed by atoms with Crippen LogP contribution in [0, 0.1) is 0 Å². The van der Waals surface area contributed by atoms with Crippen molar-refractivity contribution >= 4 is 12.4 Å². The Morgan fingerprint density at radius 1 is 0.632 bits per heavy atom. The van der Waals surface area contributed by atoms with Crippen molar-refractivity contribution in [1.82, 2.24) is 9.80 Å². The highest BCUT2D eigenvalue weighted by Crippen LogP contribution is 2.16. The van der Waals surface area contributed by atoms with E-state index in [0.717, 1.165) is 37.2 Å². The SMILES string of the molecule is C.CCCN(CCO)Cc1ccc(CN(CCO)CCO)cc1.Cl.NCC(O)c1ccc(C(O)CN)cc1. The van der Waals surface area contributed by atoms with E-state index in [9.17, 15) is 10.2 Å². The van der Waals surface area contributed by atoms with E-state index in [0.29, 0.717) is 19.6 Å². The summed E-state index contributed by atoms with van der Waals surface area (Å²) in [5.41, 5.74) is 14.5. The Labute approximate surface area is 235 Å². The van der Waals surface area contributed by atoms with Gasteiger partial charge in [-0.2, -0.15) is 0 Å². The predicted molar refractivity (Wildman–Crippen MR) is 157 cm³/mol. The van der Waals surface area contributed by atoms with Crippen molar-refractivity contribution in [2.45, 2.75) is 46.1 Å². The number of rotatable bonds is 16. The molecular formula is C28H51ClN4O5. The Bertz CT molecular complexity index is 721. The van der Waals surface area contributed by atoms with Gasteiger partial charge < -0.3 is 37.0 Å². The summed E-state index contributed by atoms with van der Waals surface area (Å²) >= 11 is 0. The lowest BCUT2D eigenvalue weighted by Crippen LogP contribution is -2.29. The third-order valence-electron chi connectivity index (χ3n) is 5.78. The minimum absolute atomic E-state index is 0. The van der Waals surface area contributed by atoms with Gasteiger partial charge in [0.1, 0.15) is 0 Å². The first-order valence-corrected chi connectivity index (χ1v) is 12.6. The van der Waals surface area contributed by atoms with Crippen LogP contribution < -0.4 is 11.5 Å². The highest BCUT2D eigenvalue weighted by molar-refractivity contribution is 5.85. The van der Waals surface area contributed by atoms with E-state index in [1.165, 1.54) is 11.1 Å². The lowest BCUT2D eigenvalue weighted by atomic mass is 10.0. The second kappa shape index (κ2) is 23.3. The fraction of sp³-hybridized carbons (Fsp3) is 0.571. The molecule has 2 aromatic carbocycles. The lowest BCUT2D eigenvalue weighted by Gasteiger charge is -2.22. The molecule has 0 heterocycles. The van der Waals surface area contributed by atoms with Crippen LogP contribution in [0.1, 0.15) is 55.2 Å². The van der Waals surface area contributed by atoms with Crippen molar-refractivity contribution < 1.29 is 25.5 Å². The van der Waals surface area contributed by atoms with Gasteiger partial charge in [-0.25, -0.2) is 0 Å². The maximum absolute atomic E-state index is 9.40. The van der Waals surface area contributed by atoms with Gasteiger partial charge in [-0.3, -0.25) is 9.80 Å². The fourth-order valence-corrected chi connectivity index (χ4v) is 3.76. The summed E-state index contributed by atoms with van der Waals surface area (Å²) in [7, 11) is 0. The van der Waals surface area contributed by atoms with E-state index >= 15 is 0 Å². The van der Waals surface area contributed by atoms with Gasteiger partial charge in [0.15, 0.2) is 0 Å². The van der Waals surface area contributed by atoms with E-state index in [2.05, 4.69) is 36.1 Å². The average molecular weight is 559 g/mol. The highest BCUT2D eigenvalue weighted by atomic mass is 35.5. The zero-order valence-corrected chi connectivity index (χ0v) is 22.8. The van der Waals surface area contributed by atoms with Gasteiger partial charge in [0.05, 0.1) is 32.0 Å². The van der Waals surface area contributed by atoms with Crippen LogP contribution in [0.2, 0.25) is 0 Å². The van der Waals surface area contributed by atoms with Crippen LogP contribution in [-0.2, 0) is 13.1 Å². The largest absolute Gasteiger partial charge is 0.395 e. The van der Waals surface area contributed by atoms with E-state index in [-0.39, 0.29) is 52.7 Å². The maximum Gasteiger partial charge on any atom is 0.0912 e. The van der Waals surface area contributed by atoms with Gasteiger partial charge in [0, 0.05) is 45.8 Å². The van der Waals surface area contributed by atoms with Crippen LogP contribution in [0.25, 0.3) is 0 Å². The Kier molecular flexibility index (Phi) is 23.6. The summed E-state index contributed by atoms with van der Waals surface area (Å²) in [5.74, 6) is 0. The fourth-order valence-electron chi connectivity index (χ4n) is 3.76. The van der Waals surface area contributed by atoms with Gasteiger partial charge in [0.25, 0.3) is 0 Å². The number of hydrogen-bond donors (Lipinski definition) is 7. The molecule has 0 fully saturated rings. The lowest BCUT2D eigenvalue weighted by molar-refractivity contribution is 0.156. The molecule has 38 heavy (non-hydrogen) atoms. The Hall–Kier alpha value is -1.63. The van der Waals surface area contributed by atoms with Crippen molar-refractivity contribution in [1.29, 1.82) is 0 Å². The number of nitrogens with zero attached hydrogens (tertiary/aromatic N) is 2. The van der Waals surface area contributed by atoms with E-state index < -0.39 is 12.2 Å². The number of hydrogen-bond acceptors (Lipinski definition) is 9. The molecule has 2 rings (SSSR count). The van der Waals surface area contributed by atoms with Gasteiger partial charge in [0.2, 0.25) is 0 Å². The summed E-state index contributed by atoms with van der Waals surface area (Å²) in [6.45, 7) is 7.35. The molecule has 220 valence electrons. The van der Waals surface area contributed by atoms with Crippen LogP contribution in [0.15, 0.2) is 48.5 Å². The predicted octanol–water partition coefficient (Wildman–Crippen LogP) is 1.41. The third-order valence-corrected chi connectivity index (χ3v) is 5.78. The van der Waals surface area contributed by atoms with Crippen molar-refractivity contribution in [2.24, 2.45) is 11.5 Å². The first-order chi connectivity index (χ1) is 17.4. The number of aliphatic hydroxyl groups excluding tert-OH is 5. The molecule has 0 saturated carbocycles. The monoisotopic (exact) mass is 558 g/mol. The van der Waals surface area contributed by atoms with Crippen molar-refractivity contribution in [3.05, 3.63) is 70.8 Å². The molecule has 0 aliphatic heterocycles. The quantitative estimate of drug-likeness (QED) is 0.161. The number of aliphatic hydroxyl groups is 5. The second-order valence-corrected chi connectivity index (χ2v) is 8.71. The van der Waals surface area contributed by atoms with E-state index in [1.807, 2.05) is 4.90 Å². The normalized spacial score (nSPS) is 12.3. The molecule has 0 saturated heterocycles. The van der Waals surface area contributed by atoms with Crippen molar-refractivity contribution in [3.8, 4) is 0 Å².